The van der Waals surface area contributed by atoms with E-state index in [1.54, 1.807) is 0 Å². The average Bonchev–Trinajstić information content (AvgIpc) is 2.57. The fourth-order valence-corrected chi connectivity index (χ4v) is 2.90. The van der Waals surface area contributed by atoms with Gasteiger partial charge in [0.15, 0.2) is 0 Å². The van der Waals surface area contributed by atoms with Gasteiger partial charge in [0.25, 0.3) is 0 Å². The van der Waals surface area contributed by atoms with Crippen LogP contribution < -0.4 is 0 Å². The van der Waals surface area contributed by atoms with Crippen molar-refractivity contribution in [3.63, 3.8) is 0 Å². The first-order valence-corrected chi connectivity index (χ1v) is 7.14. The third kappa shape index (κ3) is 2.26. The second-order valence-electron chi connectivity index (χ2n) is 6.78. The number of hydrogen-bond donors (Lipinski definition) is 0. The second-order valence-corrected chi connectivity index (χ2v) is 6.78. The molecule has 2 aliphatic rings. The maximum atomic E-state index is 12.2. The first-order valence-electron chi connectivity index (χ1n) is 7.14. The topological polar surface area (TPSA) is 52.6 Å². The van der Waals surface area contributed by atoms with Crippen LogP contribution in [0.15, 0.2) is 0 Å². The Morgan fingerprint density at radius 2 is 2.00 bits per heavy atom. The van der Waals surface area contributed by atoms with Crippen LogP contribution in [0.5, 0.6) is 0 Å². The molecule has 0 amide bonds. The minimum absolute atomic E-state index is 0.0145. The molecule has 4 heteroatoms. The SMILES string of the molecule is CC(C)C(C)C(=O)OC1(C)CCC2CC1(C)OC2=O. The zero-order valence-electron chi connectivity index (χ0n) is 12.5. The van der Waals surface area contributed by atoms with E-state index in [0.29, 0.717) is 12.8 Å². The van der Waals surface area contributed by atoms with Gasteiger partial charge in [0.2, 0.25) is 0 Å². The molecule has 0 spiro atoms. The van der Waals surface area contributed by atoms with Crippen molar-refractivity contribution in [2.24, 2.45) is 17.8 Å². The molecule has 2 fully saturated rings. The van der Waals surface area contributed by atoms with Crippen LogP contribution in [0.25, 0.3) is 0 Å². The molecule has 1 aliphatic heterocycles. The van der Waals surface area contributed by atoms with Crippen LogP contribution in [0.4, 0.5) is 0 Å². The smallest absolute Gasteiger partial charge is 0.309 e. The van der Waals surface area contributed by atoms with E-state index in [1.165, 1.54) is 0 Å². The van der Waals surface area contributed by atoms with Gasteiger partial charge in [0.05, 0.1) is 11.8 Å². The van der Waals surface area contributed by atoms with Crippen LogP contribution in [0.2, 0.25) is 0 Å². The summed E-state index contributed by atoms with van der Waals surface area (Å²) in [6, 6.07) is 0. The van der Waals surface area contributed by atoms with E-state index in [1.807, 2.05) is 34.6 Å². The predicted molar refractivity (Wildman–Crippen MR) is 70.3 cm³/mol. The van der Waals surface area contributed by atoms with Crippen LogP contribution >= 0.6 is 0 Å². The van der Waals surface area contributed by atoms with Crippen LogP contribution in [0, 0.1) is 17.8 Å². The third-order valence-corrected chi connectivity index (χ3v) is 5.08. The van der Waals surface area contributed by atoms with Crippen molar-refractivity contribution in [3.8, 4) is 0 Å². The molecule has 0 aromatic heterocycles. The zero-order valence-corrected chi connectivity index (χ0v) is 12.5. The van der Waals surface area contributed by atoms with Crippen molar-refractivity contribution >= 4 is 11.9 Å². The predicted octanol–water partition coefficient (Wildman–Crippen LogP) is 2.70. The fourth-order valence-electron chi connectivity index (χ4n) is 2.90. The number of rotatable bonds is 3. The number of carbonyl (C=O) groups is 2. The highest BCUT2D eigenvalue weighted by Crippen LogP contribution is 2.50. The highest BCUT2D eigenvalue weighted by Gasteiger charge is 2.60. The average molecular weight is 268 g/mol. The summed E-state index contributed by atoms with van der Waals surface area (Å²) in [6.07, 6.45) is 2.09. The van der Waals surface area contributed by atoms with Gasteiger partial charge >= 0.3 is 11.9 Å². The minimum atomic E-state index is -0.699. The van der Waals surface area contributed by atoms with Crippen molar-refractivity contribution < 1.29 is 19.1 Å². The number of fused-ring (bicyclic) bond motifs is 2. The van der Waals surface area contributed by atoms with Gasteiger partial charge in [0, 0.05) is 6.42 Å². The van der Waals surface area contributed by atoms with E-state index >= 15 is 0 Å². The molecule has 2 rings (SSSR count). The number of hydrogen-bond acceptors (Lipinski definition) is 4. The molecule has 1 aliphatic carbocycles. The van der Waals surface area contributed by atoms with Crippen molar-refractivity contribution in [2.75, 3.05) is 0 Å². The van der Waals surface area contributed by atoms with E-state index < -0.39 is 11.2 Å². The summed E-state index contributed by atoms with van der Waals surface area (Å²) < 4.78 is 11.3. The first kappa shape index (κ1) is 14.4. The molecule has 4 unspecified atom stereocenters. The summed E-state index contributed by atoms with van der Waals surface area (Å²) in [5.41, 5.74) is -1.37. The summed E-state index contributed by atoms with van der Waals surface area (Å²) in [5, 5.41) is 0. The quantitative estimate of drug-likeness (QED) is 0.738. The van der Waals surface area contributed by atoms with Gasteiger partial charge in [0.1, 0.15) is 11.2 Å². The van der Waals surface area contributed by atoms with E-state index in [2.05, 4.69) is 0 Å². The zero-order chi connectivity index (χ0) is 14.4. The Labute approximate surface area is 114 Å². The lowest BCUT2D eigenvalue weighted by atomic mass is 9.71. The standard InChI is InChI=1S/C15H24O4/c1-9(2)10(3)12(16)18-14(4)7-6-11-8-15(14,5)19-13(11)17/h9-11H,6-8H2,1-5H3. The van der Waals surface area contributed by atoms with Crippen molar-refractivity contribution in [1.82, 2.24) is 0 Å². The van der Waals surface area contributed by atoms with Gasteiger partial charge in [-0.3, -0.25) is 9.59 Å². The van der Waals surface area contributed by atoms with Crippen LogP contribution in [-0.2, 0) is 19.1 Å². The fraction of sp³-hybridized carbons (Fsp3) is 0.867. The van der Waals surface area contributed by atoms with Crippen LogP contribution in [0.3, 0.4) is 0 Å². The number of ether oxygens (including phenoxy) is 2. The number of carbonyl (C=O) groups excluding carboxylic acids is 2. The molecule has 108 valence electrons. The largest absolute Gasteiger partial charge is 0.455 e. The highest BCUT2D eigenvalue weighted by atomic mass is 16.6. The lowest BCUT2D eigenvalue weighted by Gasteiger charge is -2.44. The minimum Gasteiger partial charge on any atom is -0.455 e. The summed E-state index contributed by atoms with van der Waals surface area (Å²) in [6.45, 7) is 9.67. The van der Waals surface area contributed by atoms with Crippen LogP contribution in [0.1, 0.15) is 53.9 Å². The van der Waals surface area contributed by atoms with E-state index in [0.717, 1.165) is 6.42 Å². The van der Waals surface area contributed by atoms with E-state index in [4.69, 9.17) is 9.47 Å². The molecule has 1 saturated carbocycles. The Morgan fingerprint density at radius 1 is 1.37 bits per heavy atom. The Morgan fingerprint density at radius 3 is 2.58 bits per heavy atom. The van der Waals surface area contributed by atoms with Gasteiger partial charge < -0.3 is 9.47 Å². The molecule has 0 radical (unpaired) electrons. The van der Waals surface area contributed by atoms with Gasteiger partial charge in [-0.05, 0) is 32.6 Å². The van der Waals surface area contributed by atoms with Crippen LogP contribution in [-0.4, -0.2) is 23.1 Å². The summed E-state index contributed by atoms with van der Waals surface area (Å²) in [4.78, 5) is 23.9. The van der Waals surface area contributed by atoms with Crippen molar-refractivity contribution in [1.29, 1.82) is 0 Å². The normalized spacial score (nSPS) is 39.1. The molecule has 0 aromatic carbocycles. The van der Waals surface area contributed by atoms with Gasteiger partial charge in [-0.25, -0.2) is 0 Å². The Balaban J connectivity index is 2.15. The monoisotopic (exact) mass is 268 g/mol. The molecule has 1 saturated heterocycles. The first-order chi connectivity index (χ1) is 8.68. The molecule has 1 heterocycles. The molecular formula is C15H24O4. The van der Waals surface area contributed by atoms with Gasteiger partial charge in [-0.2, -0.15) is 0 Å². The van der Waals surface area contributed by atoms with Gasteiger partial charge in [-0.15, -0.1) is 0 Å². The Kier molecular flexibility index (Phi) is 3.40. The Hall–Kier alpha value is -1.06. The van der Waals surface area contributed by atoms with Crippen molar-refractivity contribution in [3.05, 3.63) is 0 Å². The molecule has 19 heavy (non-hydrogen) atoms. The summed E-state index contributed by atoms with van der Waals surface area (Å²) in [5.74, 6) is -0.250. The molecule has 0 aromatic rings. The molecule has 4 nitrogen and oxygen atoms in total. The molecule has 4 atom stereocenters. The Bertz CT molecular complexity index is 403. The van der Waals surface area contributed by atoms with E-state index in [9.17, 15) is 9.59 Å². The second kappa shape index (κ2) is 4.50. The summed E-state index contributed by atoms with van der Waals surface area (Å²) >= 11 is 0. The summed E-state index contributed by atoms with van der Waals surface area (Å²) in [7, 11) is 0. The van der Waals surface area contributed by atoms with Gasteiger partial charge in [-0.1, -0.05) is 20.8 Å². The van der Waals surface area contributed by atoms with Crippen molar-refractivity contribution in [2.45, 2.75) is 65.1 Å². The maximum absolute atomic E-state index is 12.2. The third-order valence-electron chi connectivity index (χ3n) is 5.08. The lowest BCUT2D eigenvalue weighted by molar-refractivity contribution is -0.201. The molecule has 2 bridgehead atoms. The highest BCUT2D eigenvalue weighted by molar-refractivity contribution is 5.77. The molecule has 0 N–H and O–H groups in total. The van der Waals surface area contributed by atoms with E-state index in [-0.39, 0.29) is 29.7 Å². The lowest BCUT2D eigenvalue weighted by Crippen LogP contribution is -2.55. The number of esters is 2. The molecular weight excluding hydrogens is 244 g/mol. The maximum Gasteiger partial charge on any atom is 0.309 e.